The van der Waals surface area contributed by atoms with E-state index in [1.54, 1.807) is 0 Å². The van der Waals surface area contributed by atoms with Crippen LogP contribution < -0.4 is 16.0 Å². The van der Waals surface area contributed by atoms with Crippen LogP contribution in [0.5, 0.6) is 0 Å². The zero-order valence-electron chi connectivity index (χ0n) is 13.4. The van der Waals surface area contributed by atoms with Gasteiger partial charge >= 0.3 is 6.03 Å². The third kappa shape index (κ3) is 13.4. The van der Waals surface area contributed by atoms with Crippen molar-refractivity contribution in [3.63, 3.8) is 0 Å². The fourth-order valence-electron chi connectivity index (χ4n) is 1.31. The number of ether oxygens (including phenoxy) is 2. The van der Waals surface area contributed by atoms with E-state index >= 15 is 0 Å². The molecule has 7 nitrogen and oxygen atoms in total. The number of hydrogen-bond acceptors (Lipinski definition) is 4. The molecule has 0 aliphatic carbocycles. The van der Waals surface area contributed by atoms with Crippen molar-refractivity contribution in [3.05, 3.63) is 0 Å². The molecule has 0 aromatic carbocycles. The quantitative estimate of drug-likeness (QED) is 0.458. The van der Waals surface area contributed by atoms with Crippen LogP contribution in [0.15, 0.2) is 0 Å². The first-order valence-electron chi connectivity index (χ1n) is 7.52. The zero-order chi connectivity index (χ0) is 15.9. The minimum absolute atomic E-state index is 0.00430. The van der Waals surface area contributed by atoms with Gasteiger partial charge in [-0.3, -0.25) is 4.79 Å². The molecule has 0 bridgehead atoms. The molecule has 0 aliphatic heterocycles. The molecule has 0 aromatic rings. The monoisotopic (exact) mass is 303 g/mol. The van der Waals surface area contributed by atoms with E-state index in [0.717, 1.165) is 6.42 Å². The number of amides is 3. The Kier molecular flexibility index (Phi) is 12.8. The van der Waals surface area contributed by atoms with Crippen molar-refractivity contribution >= 4 is 11.9 Å². The SMILES string of the molecule is CCCNC(=O)NCCOCCOCCNC(=O)C(C)C. The van der Waals surface area contributed by atoms with Crippen molar-refractivity contribution in [2.75, 3.05) is 46.1 Å². The van der Waals surface area contributed by atoms with Gasteiger partial charge in [-0.25, -0.2) is 4.79 Å². The first-order valence-corrected chi connectivity index (χ1v) is 7.52. The highest BCUT2D eigenvalue weighted by Crippen LogP contribution is 1.89. The third-order valence-corrected chi connectivity index (χ3v) is 2.51. The fraction of sp³-hybridized carbons (Fsp3) is 0.857. The van der Waals surface area contributed by atoms with E-state index in [1.165, 1.54) is 0 Å². The lowest BCUT2D eigenvalue weighted by Crippen LogP contribution is -2.37. The smallest absolute Gasteiger partial charge is 0.314 e. The predicted molar refractivity (Wildman–Crippen MR) is 81.2 cm³/mol. The van der Waals surface area contributed by atoms with Crippen molar-refractivity contribution in [2.45, 2.75) is 27.2 Å². The normalized spacial score (nSPS) is 10.5. The summed E-state index contributed by atoms with van der Waals surface area (Å²) < 4.78 is 10.6. The molecule has 0 heterocycles. The molecule has 0 aromatic heterocycles. The summed E-state index contributed by atoms with van der Waals surface area (Å²) in [7, 11) is 0. The van der Waals surface area contributed by atoms with Crippen LogP contribution >= 0.6 is 0 Å². The molecule has 7 heteroatoms. The van der Waals surface area contributed by atoms with E-state index in [9.17, 15) is 9.59 Å². The van der Waals surface area contributed by atoms with Gasteiger partial charge in [0, 0.05) is 25.6 Å². The van der Waals surface area contributed by atoms with Crippen LogP contribution in [0, 0.1) is 5.92 Å². The van der Waals surface area contributed by atoms with Crippen molar-refractivity contribution in [1.29, 1.82) is 0 Å². The fourth-order valence-corrected chi connectivity index (χ4v) is 1.31. The summed E-state index contributed by atoms with van der Waals surface area (Å²) in [6, 6.07) is -0.169. The highest BCUT2D eigenvalue weighted by Gasteiger charge is 2.04. The lowest BCUT2D eigenvalue weighted by atomic mass is 10.2. The number of rotatable bonds is 12. The molecule has 0 unspecified atom stereocenters. The first-order chi connectivity index (χ1) is 10.1. The van der Waals surface area contributed by atoms with Gasteiger partial charge in [-0.15, -0.1) is 0 Å². The molecule has 21 heavy (non-hydrogen) atoms. The van der Waals surface area contributed by atoms with Gasteiger partial charge in [-0.05, 0) is 6.42 Å². The molecule has 3 N–H and O–H groups in total. The Hall–Kier alpha value is -1.34. The molecular formula is C14H29N3O4. The Morgan fingerprint density at radius 3 is 1.90 bits per heavy atom. The Balaban J connectivity index is 3.19. The summed E-state index contributed by atoms with van der Waals surface area (Å²) in [4.78, 5) is 22.4. The highest BCUT2D eigenvalue weighted by molar-refractivity contribution is 5.77. The van der Waals surface area contributed by atoms with Gasteiger partial charge in [0.1, 0.15) is 0 Å². The second-order valence-electron chi connectivity index (χ2n) is 4.85. The van der Waals surface area contributed by atoms with Gasteiger partial charge < -0.3 is 25.4 Å². The molecular weight excluding hydrogens is 274 g/mol. The zero-order valence-corrected chi connectivity index (χ0v) is 13.4. The summed E-state index contributed by atoms with van der Waals surface area (Å²) in [6.45, 7) is 9.21. The average molecular weight is 303 g/mol. The van der Waals surface area contributed by atoms with Gasteiger partial charge in [0.2, 0.25) is 5.91 Å². The van der Waals surface area contributed by atoms with Crippen molar-refractivity contribution in [1.82, 2.24) is 16.0 Å². The third-order valence-electron chi connectivity index (χ3n) is 2.51. The minimum atomic E-state index is -0.169. The number of hydrogen-bond donors (Lipinski definition) is 3. The molecule has 0 radical (unpaired) electrons. The maximum absolute atomic E-state index is 11.2. The lowest BCUT2D eigenvalue weighted by Gasteiger charge is -2.09. The highest BCUT2D eigenvalue weighted by atomic mass is 16.5. The summed E-state index contributed by atoms with van der Waals surface area (Å²) in [6.07, 6.45) is 0.916. The largest absolute Gasteiger partial charge is 0.377 e. The number of carbonyl (C=O) groups is 2. The van der Waals surface area contributed by atoms with Crippen molar-refractivity contribution in [2.24, 2.45) is 5.92 Å². The molecule has 0 rings (SSSR count). The van der Waals surface area contributed by atoms with E-state index < -0.39 is 0 Å². The first kappa shape index (κ1) is 19.7. The second kappa shape index (κ2) is 13.6. The van der Waals surface area contributed by atoms with Crippen LogP contribution in [-0.2, 0) is 14.3 Å². The topological polar surface area (TPSA) is 88.7 Å². The van der Waals surface area contributed by atoms with Crippen LogP contribution in [0.2, 0.25) is 0 Å². The summed E-state index contributed by atoms with van der Waals surface area (Å²) in [5.74, 6) is 0.0256. The second-order valence-corrected chi connectivity index (χ2v) is 4.85. The van der Waals surface area contributed by atoms with Gasteiger partial charge in [-0.1, -0.05) is 20.8 Å². The van der Waals surface area contributed by atoms with Crippen LogP contribution in [0.3, 0.4) is 0 Å². The average Bonchev–Trinajstić information content (AvgIpc) is 2.46. The van der Waals surface area contributed by atoms with Gasteiger partial charge in [0.05, 0.1) is 26.4 Å². The van der Waals surface area contributed by atoms with Crippen LogP contribution in [0.1, 0.15) is 27.2 Å². The van der Waals surface area contributed by atoms with E-state index in [1.807, 2.05) is 20.8 Å². The minimum Gasteiger partial charge on any atom is -0.377 e. The van der Waals surface area contributed by atoms with Crippen molar-refractivity contribution < 1.29 is 19.1 Å². The maximum atomic E-state index is 11.2. The molecule has 3 amide bonds. The maximum Gasteiger partial charge on any atom is 0.314 e. The summed E-state index contributed by atoms with van der Waals surface area (Å²) in [5, 5.41) is 8.16. The molecule has 0 fully saturated rings. The number of carbonyl (C=O) groups excluding carboxylic acids is 2. The van der Waals surface area contributed by atoms with Crippen LogP contribution in [-0.4, -0.2) is 58.0 Å². The van der Waals surface area contributed by atoms with Gasteiger partial charge in [0.25, 0.3) is 0 Å². The lowest BCUT2D eigenvalue weighted by molar-refractivity contribution is -0.124. The van der Waals surface area contributed by atoms with E-state index in [0.29, 0.717) is 46.1 Å². The van der Waals surface area contributed by atoms with Gasteiger partial charge in [0.15, 0.2) is 0 Å². The van der Waals surface area contributed by atoms with Crippen LogP contribution in [0.25, 0.3) is 0 Å². The Morgan fingerprint density at radius 2 is 1.38 bits per heavy atom. The van der Waals surface area contributed by atoms with Crippen molar-refractivity contribution in [3.8, 4) is 0 Å². The molecule has 0 saturated carbocycles. The number of urea groups is 1. The Labute approximate surface area is 127 Å². The molecule has 0 spiro atoms. The molecule has 0 atom stereocenters. The molecule has 0 aliphatic rings. The van der Waals surface area contributed by atoms with E-state index in [-0.39, 0.29) is 17.9 Å². The summed E-state index contributed by atoms with van der Waals surface area (Å²) >= 11 is 0. The Bertz CT molecular complexity index is 285. The van der Waals surface area contributed by atoms with E-state index in [4.69, 9.17) is 9.47 Å². The standard InChI is InChI=1S/C14H29N3O4/c1-4-5-16-14(19)17-7-9-21-11-10-20-8-6-15-13(18)12(2)3/h12H,4-11H2,1-3H3,(H,15,18)(H2,16,17,19). The Morgan fingerprint density at radius 1 is 0.857 bits per heavy atom. The van der Waals surface area contributed by atoms with Gasteiger partial charge in [-0.2, -0.15) is 0 Å². The van der Waals surface area contributed by atoms with Crippen LogP contribution in [0.4, 0.5) is 4.79 Å². The predicted octanol–water partition coefficient (Wildman–Crippen LogP) is 0.501. The van der Waals surface area contributed by atoms with E-state index in [2.05, 4.69) is 16.0 Å². The molecule has 0 saturated heterocycles. The molecule has 124 valence electrons. The number of nitrogens with one attached hydrogen (secondary N) is 3. The summed E-state index contributed by atoms with van der Waals surface area (Å²) in [5.41, 5.74) is 0.